The molecule has 4 nitrogen and oxygen atoms in total. The predicted octanol–water partition coefficient (Wildman–Crippen LogP) is 1.03. The van der Waals surface area contributed by atoms with E-state index in [9.17, 15) is 17.2 Å². The third-order valence-corrected chi connectivity index (χ3v) is 4.03. The van der Waals surface area contributed by atoms with Crippen LogP contribution in [0.25, 0.3) is 0 Å². The van der Waals surface area contributed by atoms with Crippen LogP contribution in [0.2, 0.25) is 0 Å². The molecule has 1 unspecified atom stereocenters. The molecule has 0 spiro atoms. The van der Waals surface area contributed by atoms with E-state index < -0.39 is 21.7 Å². The summed E-state index contributed by atoms with van der Waals surface area (Å²) in [7, 11) is -3.86. The van der Waals surface area contributed by atoms with Gasteiger partial charge in [0.25, 0.3) is 0 Å². The molecular weight excluding hydrogens is 286 g/mol. The van der Waals surface area contributed by atoms with E-state index in [1.165, 1.54) is 0 Å². The van der Waals surface area contributed by atoms with E-state index in [-0.39, 0.29) is 23.3 Å². The fourth-order valence-corrected chi connectivity index (χ4v) is 3.04. The number of nitrogens with one attached hydrogen (secondary N) is 2. The first kappa shape index (κ1) is 15.3. The first-order valence-corrected chi connectivity index (χ1v) is 6.65. The van der Waals surface area contributed by atoms with Gasteiger partial charge in [-0.3, -0.25) is 0 Å². The highest BCUT2D eigenvalue weighted by Crippen LogP contribution is 2.14. The Labute approximate surface area is 110 Å². The van der Waals surface area contributed by atoms with E-state index in [0.717, 1.165) is 18.7 Å². The molecule has 1 fully saturated rings. The Kier molecular flexibility index (Phi) is 5.03. The Bertz CT molecular complexity index is 498. The molecule has 1 heterocycles. The minimum absolute atomic E-state index is 0. The van der Waals surface area contributed by atoms with E-state index in [0.29, 0.717) is 19.0 Å². The minimum Gasteiger partial charge on any atom is -0.315 e. The molecule has 18 heavy (non-hydrogen) atoms. The molecule has 0 aliphatic carbocycles. The molecule has 1 aliphatic rings. The Balaban J connectivity index is 0.00000162. The summed E-state index contributed by atoms with van der Waals surface area (Å²) in [5.74, 6) is -1.81. The van der Waals surface area contributed by atoms with Gasteiger partial charge in [-0.05, 0) is 25.1 Å². The van der Waals surface area contributed by atoms with Crippen LogP contribution >= 0.6 is 12.4 Å². The lowest BCUT2D eigenvalue weighted by Gasteiger charge is -2.12. The monoisotopic (exact) mass is 298 g/mol. The van der Waals surface area contributed by atoms with Gasteiger partial charge in [0.2, 0.25) is 10.0 Å². The van der Waals surface area contributed by atoms with Crippen molar-refractivity contribution in [1.82, 2.24) is 10.0 Å². The van der Waals surface area contributed by atoms with Crippen LogP contribution < -0.4 is 10.0 Å². The Morgan fingerprint density at radius 3 is 2.33 bits per heavy atom. The van der Waals surface area contributed by atoms with Crippen LogP contribution in [-0.2, 0) is 10.0 Å². The van der Waals surface area contributed by atoms with Gasteiger partial charge in [0.1, 0.15) is 11.6 Å². The topological polar surface area (TPSA) is 58.2 Å². The summed E-state index contributed by atoms with van der Waals surface area (Å²) in [6.07, 6.45) is 0.664. The smallest absolute Gasteiger partial charge is 0.241 e. The van der Waals surface area contributed by atoms with Gasteiger partial charge < -0.3 is 5.32 Å². The lowest BCUT2D eigenvalue weighted by Crippen LogP contribution is -2.36. The maximum atomic E-state index is 12.9. The van der Waals surface area contributed by atoms with Crippen LogP contribution in [0, 0.1) is 11.6 Å². The second-order valence-electron chi connectivity index (χ2n) is 3.92. The summed E-state index contributed by atoms with van der Waals surface area (Å²) in [6.45, 7) is 1.25. The van der Waals surface area contributed by atoms with E-state index >= 15 is 0 Å². The van der Waals surface area contributed by atoms with E-state index in [2.05, 4.69) is 10.0 Å². The van der Waals surface area contributed by atoms with Crippen molar-refractivity contribution < 1.29 is 17.2 Å². The molecule has 2 N–H and O–H groups in total. The van der Waals surface area contributed by atoms with Crippen molar-refractivity contribution in [3.05, 3.63) is 29.8 Å². The molecule has 1 aromatic rings. The van der Waals surface area contributed by atoms with Crippen LogP contribution in [0.15, 0.2) is 23.1 Å². The SMILES string of the molecule is Cl.O=S(=O)(NC1CCNC1)c1cc(F)cc(F)c1. The first-order chi connectivity index (χ1) is 7.97. The molecule has 1 atom stereocenters. The molecular formula is C10H13ClF2N2O2S. The summed E-state index contributed by atoms with van der Waals surface area (Å²) >= 11 is 0. The van der Waals surface area contributed by atoms with Gasteiger partial charge in [-0.25, -0.2) is 21.9 Å². The van der Waals surface area contributed by atoms with Gasteiger partial charge in [0.15, 0.2) is 0 Å². The number of hydrogen-bond acceptors (Lipinski definition) is 3. The molecule has 0 amide bonds. The summed E-state index contributed by atoms with van der Waals surface area (Å²) in [4.78, 5) is -0.387. The van der Waals surface area contributed by atoms with Crippen LogP contribution in [-0.4, -0.2) is 27.5 Å². The van der Waals surface area contributed by atoms with Crippen molar-refractivity contribution in [2.24, 2.45) is 0 Å². The third kappa shape index (κ3) is 3.61. The van der Waals surface area contributed by atoms with Gasteiger partial charge in [0, 0.05) is 18.7 Å². The highest BCUT2D eigenvalue weighted by Gasteiger charge is 2.23. The minimum atomic E-state index is -3.86. The fourth-order valence-electron chi connectivity index (χ4n) is 1.73. The van der Waals surface area contributed by atoms with Crippen LogP contribution in [0.5, 0.6) is 0 Å². The number of sulfonamides is 1. The molecule has 0 aromatic heterocycles. The van der Waals surface area contributed by atoms with Gasteiger partial charge in [-0.15, -0.1) is 12.4 Å². The molecule has 0 radical (unpaired) electrons. The zero-order valence-electron chi connectivity index (χ0n) is 9.32. The van der Waals surface area contributed by atoms with Crippen molar-refractivity contribution in [1.29, 1.82) is 0 Å². The number of rotatable bonds is 3. The average molecular weight is 299 g/mol. The van der Waals surface area contributed by atoms with Gasteiger partial charge in [0.05, 0.1) is 4.90 Å². The standard InChI is InChI=1S/C10H12F2N2O2S.ClH/c11-7-3-8(12)5-10(4-7)17(15,16)14-9-1-2-13-6-9;/h3-5,9,13-14H,1-2,6H2;1H. The van der Waals surface area contributed by atoms with Gasteiger partial charge in [-0.1, -0.05) is 0 Å². The fraction of sp³-hybridized carbons (Fsp3) is 0.400. The molecule has 102 valence electrons. The van der Waals surface area contributed by atoms with Gasteiger partial charge >= 0.3 is 0 Å². The maximum absolute atomic E-state index is 12.9. The summed E-state index contributed by atoms with van der Waals surface area (Å²) in [5, 5.41) is 2.99. The molecule has 1 aromatic carbocycles. The number of hydrogen-bond donors (Lipinski definition) is 2. The molecule has 0 bridgehead atoms. The van der Waals surface area contributed by atoms with Crippen molar-refractivity contribution in [2.45, 2.75) is 17.4 Å². The quantitative estimate of drug-likeness (QED) is 0.876. The Morgan fingerprint density at radius 1 is 1.22 bits per heavy atom. The number of benzene rings is 1. The first-order valence-electron chi connectivity index (χ1n) is 5.16. The second kappa shape index (κ2) is 5.92. The zero-order chi connectivity index (χ0) is 12.5. The van der Waals surface area contributed by atoms with Crippen molar-refractivity contribution >= 4 is 22.4 Å². The summed E-state index contributed by atoms with van der Waals surface area (Å²) in [5.41, 5.74) is 0. The average Bonchev–Trinajstić information content (AvgIpc) is 2.68. The van der Waals surface area contributed by atoms with E-state index in [4.69, 9.17) is 0 Å². The van der Waals surface area contributed by atoms with Crippen LogP contribution in [0.4, 0.5) is 8.78 Å². The van der Waals surface area contributed by atoms with E-state index in [1.807, 2.05) is 0 Å². The molecule has 0 saturated carbocycles. The van der Waals surface area contributed by atoms with Gasteiger partial charge in [-0.2, -0.15) is 0 Å². The zero-order valence-corrected chi connectivity index (χ0v) is 11.0. The highest BCUT2D eigenvalue weighted by atomic mass is 35.5. The highest BCUT2D eigenvalue weighted by molar-refractivity contribution is 7.89. The number of halogens is 3. The Morgan fingerprint density at radius 2 is 1.83 bits per heavy atom. The molecule has 1 saturated heterocycles. The second-order valence-corrected chi connectivity index (χ2v) is 5.63. The van der Waals surface area contributed by atoms with Crippen molar-refractivity contribution in [3.63, 3.8) is 0 Å². The van der Waals surface area contributed by atoms with Crippen molar-refractivity contribution in [3.8, 4) is 0 Å². The largest absolute Gasteiger partial charge is 0.315 e. The maximum Gasteiger partial charge on any atom is 0.241 e. The Hall–Kier alpha value is -0.760. The molecule has 8 heteroatoms. The third-order valence-electron chi connectivity index (χ3n) is 2.53. The normalized spacial score (nSPS) is 19.6. The lowest BCUT2D eigenvalue weighted by molar-refractivity contribution is 0.549. The summed E-state index contributed by atoms with van der Waals surface area (Å²) in [6, 6.07) is 2.00. The lowest BCUT2D eigenvalue weighted by atomic mass is 10.3. The predicted molar refractivity (Wildman–Crippen MR) is 65.2 cm³/mol. The molecule has 2 rings (SSSR count). The van der Waals surface area contributed by atoms with Crippen LogP contribution in [0.1, 0.15) is 6.42 Å². The van der Waals surface area contributed by atoms with E-state index in [1.54, 1.807) is 0 Å². The summed E-state index contributed by atoms with van der Waals surface area (Å²) < 4.78 is 51.9. The molecule has 1 aliphatic heterocycles. The van der Waals surface area contributed by atoms with Crippen LogP contribution in [0.3, 0.4) is 0 Å². The van der Waals surface area contributed by atoms with Crippen molar-refractivity contribution in [2.75, 3.05) is 13.1 Å².